The molecule has 0 unspecified atom stereocenters. The molecule has 0 fully saturated rings. The fourth-order valence-electron chi connectivity index (χ4n) is 1.61. The zero-order chi connectivity index (χ0) is 15.7. The molecule has 1 rings (SSSR count). The summed E-state index contributed by atoms with van der Waals surface area (Å²) >= 11 is 0. The van der Waals surface area contributed by atoms with E-state index >= 15 is 0 Å². The van der Waals surface area contributed by atoms with Gasteiger partial charge in [-0.3, -0.25) is 0 Å². The Kier molecular flexibility index (Phi) is 7.44. The predicted octanol–water partition coefficient (Wildman–Crippen LogP) is 0.0766. The van der Waals surface area contributed by atoms with Crippen LogP contribution < -0.4 is 10.5 Å². The second kappa shape index (κ2) is 8.83. The molecule has 0 atom stereocenters. The van der Waals surface area contributed by atoms with E-state index in [4.69, 9.17) is 25.1 Å². The predicted molar refractivity (Wildman–Crippen MR) is 78.2 cm³/mol. The molecule has 0 aliphatic heterocycles. The van der Waals surface area contributed by atoms with Gasteiger partial charge in [0.2, 0.25) is 0 Å². The zero-order valence-electron chi connectivity index (χ0n) is 11.9. The maximum absolute atomic E-state index is 12.2. The van der Waals surface area contributed by atoms with Crippen molar-refractivity contribution in [1.82, 2.24) is 0 Å². The van der Waals surface area contributed by atoms with Crippen molar-refractivity contribution in [2.24, 2.45) is 0 Å². The summed E-state index contributed by atoms with van der Waals surface area (Å²) in [6, 6.07) is 4.41. The lowest BCUT2D eigenvalue weighted by Crippen LogP contribution is -2.16. The Bertz CT molecular complexity index is 531. The number of benzene rings is 1. The highest BCUT2D eigenvalue weighted by Gasteiger charge is 2.19. The molecule has 0 heterocycles. The fourth-order valence-corrected chi connectivity index (χ4v) is 2.89. The number of ether oxygens (including phenoxy) is 3. The number of rotatable bonds is 10. The molecular formula is C13H21NO6S. The van der Waals surface area contributed by atoms with Gasteiger partial charge >= 0.3 is 0 Å². The summed E-state index contributed by atoms with van der Waals surface area (Å²) in [5.41, 5.74) is 6.03. The van der Waals surface area contributed by atoms with E-state index in [1.807, 2.05) is 0 Å². The van der Waals surface area contributed by atoms with Crippen LogP contribution in [0.1, 0.15) is 0 Å². The Morgan fingerprint density at radius 2 is 1.81 bits per heavy atom. The van der Waals surface area contributed by atoms with Crippen LogP contribution in [-0.2, 0) is 19.3 Å². The van der Waals surface area contributed by atoms with Gasteiger partial charge in [-0.15, -0.1) is 0 Å². The lowest BCUT2D eigenvalue weighted by molar-refractivity contribution is 0.0375. The third-order valence-electron chi connectivity index (χ3n) is 2.63. The fraction of sp³-hybridized carbons (Fsp3) is 0.538. The Labute approximate surface area is 124 Å². The van der Waals surface area contributed by atoms with Crippen molar-refractivity contribution in [3.8, 4) is 5.75 Å². The number of aliphatic hydroxyl groups excluding tert-OH is 1. The van der Waals surface area contributed by atoms with E-state index in [9.17, 15) is 8.42 Å². The number of nitrogens with two attached hydrogens (primary N) is 1. The quantitative estimate of drug-likeness (QED) is 0.464. The van der Waals surface area contributed by atoms with Crippen LogP contribution in [0.4, 0.5) is 5.69 Å². The maximum atomic E-state index is 12.2. The highest BCUT2D eigenvalue weighted by Crippen LogP contribution is 2.26. The summed E-state index contributed by atoms with van der Waals surface area (Å²) in [6.07, 6.45) is 0. The second-order valence-electron chi connectivity index (χ2n) is 4.18. The minimum atomic E-state index is -3.50. The van der Waals surface area contributed by atoms with Crippen LogP contribution in [0.5, 0.6) is 5.75 Å². The lowest BCUT2D eigenvalue weighted by Gasteiger charge is -2.10. The molecule has 120 valence electrons. The molecule has 0 aliphatic rings. The summed E-state index contributed by atoms with van der Waals surface area (Å²) in [6.45, 7) is 0.828. The van der Waals surface area contributed by atoms with Crippen molar-refractivity contribution in [2.75, 3.05) is 51.6 Å². The van der Waals surface area contributed by atoms with Gasteiger partial charge in [0.1, 0.15) is 10.6 Å². The summed E-state index contributed by atoms with van der Waals surface area (Å²) in [7, 11) is -2.11. The molecule has 21 heavy (non-hydrogen) atoms. The molecule has 3 N–H and O–H groups in total. The Hall–Kier alpha value is -1.35. The number of hydrogen-bond acceptors (Lipinski definition) is 7. The van der Waals surface area contributed by atoms with Gasteiger partial charge in [-0.05, 0) is 12.1 Å². The van der Waals surface area contributed by atoms with Gasteiger partial charge < -0.3 is 25.1 Å². The topological polar surface area (TPSA) is 108 Å². The SMILES string of the molecule is COc1cc(N)ccc1S(=O)(=O)CCOCCOCCO. The largest absolute Gasteiger partial charge is 0.495 e. The van der Waals surface area contributed by atoms with Gasteiger partial charge in [-0.25, -0.2) is 8.42 Å². The normalized spacial score (nSPS) is 11.5. The molecule has 0 aromatic heterocycles. The smallest absolute Gasteiger partial charge is 0.184 e. The Morgan fingerprint density at radius 3 is 2.43 bits per heavy atom. The first-order valence-electron chi connectivity index (χ1n) is 6.44. The molecule has 7 nitrogen and oxygen atoms in total. The minimum Gasteiger partial charge on any atom is -0.495 e. The summed E-state index contributed by atoms with van der Waals surface area (Å²) in [5, 5.41) is 8.50. The van der Waals surface area contributed by atoms with Gasteiger partial charge in [0, 0.05) is 11.8 Å². The van der Waals surface area contributed by atoms with Crippen LogP contribution in [0.2, 0.25) is 0 Å². The molecule has 0 saturated heterocycles. The maximum Gasteiger partial charge on any atom is 0.184 e. The van der Waals surface area contributed by atoms with Gasteiger partial charge in [0.15, 0.2) is 9.84 Å². The molecule has 0 saturated carbocycles. The van der Waals surface area contributed by atoms with Gasteiger partial charge in [-0.2, -0.15) is 0 Å². The number of aliphatic hydroxyl groups is 1. The first kappa shape index (κ1) is 17.7. The lowest BCUT2D eigenvalue weighted by atomic mass is 10.3. The van der Waals surface area contributed by atoms with Crippen molar-refractivity contribution in [3.63, 3.8) is 0 Å². The van der Waals surface area contributed by atoms with Crippen LogP contribution in [0.3, 0.4) is 0 Å². The van der Waals surface area contributed by atoms with E-state index in [-0.39, 0.29) is 42.8 Å². The number of hydrogen-bond donors (Lipinski definition) is 2. The van der Waals surface area contributed by atoms with Crippen LogP contribution in [0, 0.1) is 0 Å². The van der Waals surface area contributed by atoms with Crippen LogP contribution in [0.25, 0.3) is 0 Å². The Morgan fingerprint density at radius 1 is 1.14 bits per heavy atom. The Balaban J connectivity index is 2.50. The van der Waals surface area contributed by atoms with E-state index in [2.05, 4.69) is 0 Å². The molecule has 0 bridgehead atoms. The average Bonchev–Trinajstić information content (AvgIpc) is 2.45. The average molecular weight is 319 g/mol. The molecule has 0 spiro atoms. The molecule has 0 radical (unpaired) electrons. The number of sulfone groups is 1. The molecule has 1 aromatic carbocycles. The number of anilines is 1. The first-order chi connectivity index (χ1) is 10.0. The van der Waals surface area contributed by atoms with E-state index in [1.54, 1.807) is 0 Å². The second-order valence-corrected chi connectivity index (χ2v) is 6.26. The number of nitrogen functional groups attached to an aromatic ring is 1. The third kappa shape index (κ3) is 5.88. The number of methoxy groups -OCH3 is 1. The van der Waals surface area contributed by atoms with Crippen molar-refractivity contribution in [1.29, 1.82) is 0 Å². The highest BCUT2D eigenvalue weighted by atomic mass is 32.2. The molecule has 0 amide bonds. The van der Waals surface area contributed by atoms with Gasteiger partial charge in [0.25, 0.3) is 0 Å². The molecule has 8 heteroatoms. The summed E-state index contributed by atoms with van der Waals surface area (Å²) in [4.78, 5) is 0.0966. The van der Waals surface area contributed by atoms with Crippen molar-refractivity contribution < 1.29 is 27.7 Å². The van der Waals surface area contributed by atoms with Crippen LogP contribution in [0.15, 0.2) is 23.1 Å². The van der Waals surface area contributed by atoms with E-state index in [1.165, 1.54) is 25.3 Å². The van der Waals surface area contributed by atoms with E-state index in [0.717, 1.165) is 0 Å². The zero-order valence-corrected chi connectivity index (χ0v) is 12.8. The molecule has 1 aromatic rings. The van der Waals surface area contributed by atoms with Crippen LogP contribution >= 0.6 is 0 Å². The van der Waals surface area contributed by atoms with Gasteiger partial charge in [0.05, 0.1) is 45.9 Å². The highest BCUT2D eigenvalue weighted by molar-refractivity contribution is 7.91. The molecular weight excluding hydrogens is 298 g/mol. The van der Waals surface area contributed by atoms with Gasteiger partial charge in [-0.1, -0.05) is 0 Å². The third-order valence-corrected chi connectivity index (χ3v) is 4.34. The van der Waals surface area contributed by atoms with Crippen molar-refractivity contribution in [3.05, 3.63) is 18.2 Å². The van der Waals surface area contributed by atoms with E-state index < -0.39 is 9.84 Å². The summed E-state index contributed by atoms with van der Waals surface area (Å²) in [5.74, 6) is 0.0640. The van der Waals surface area contributed by atoms with Crippen molar-refractivity contribution in [2.45, 2.75) is 4.90 Å². The molecule has 0 aliphatic carbocycles. The van der Waals surface area contributed by atoms with E-state index in [0.29, 0.717) is 12.3 Å². The van der Waals surface area contributed by atoms with Crippen LogP contribution in [-0.4, -0.2) is 59.4 Å². The van der Waals surface area contributed by atoms with Crippen molar-refractivity contribution >= 4 is 15.5 Å². The summed E-state index contributed by atoms with van der Waals surface area (Å²) < 4.78 is 39.6. The first-order valence-corrected chi connectivity index (χ1v) is 8.09. The monoisotopic (exact) mass is 319 g/mol. The minimum absolute atomic E-state index is 0.0503. The standard InChI is InChI=1S/C13H21NO6S/c1-18-12-10-11(14)2-3-13(12)21(16,17)9-8-20-7-6-19-5-4-15/h2-3,10,15H,4-9,14H2,1H3.